The molecule has 0 bridgehead atoms. The van der Waals surface area contributed by atoms with Crippen LogP contribution in [0.2, 0.25) is 0 Å². The molecule has 3 aromatic heterocycles. The third kappa shape index (κ3) is 4.63. The number of benzene rings is 1. The number of halogens is 4. The average molecular weight is 485 g/mol. The van der Waals surface area contributed by atoms with E-state index in [2.05, 4.69) is 25.5 Å². The monoisotopic (exact) mass is 485 g/mol. The number of hydrogen-bond acceptors (Lipinski definition) is 5. The fourth-order valence-electron chi connectivity index (χ4n) is 3.60. The maximum Gasteiger partial charge on any atom is 0.408 e. The molecule has 0 radical (unpaired) electrons. The predicted molar refractivity (Wildman–Crippen MR) is 117 cm³/mol. The van der Waals surface area contributed by atoms with Crippen molar-refractivity contribution in [1.29, 1.82) is 0 Å². The summed E-state index contributed by atoms with van der Waals surface area (Å²) in [7, 11) is 0. The second kappa shape index (κ2) is 8.60. The molecular formula is C23H19F4N7O. The van der Waals surface area contributed by atoms with E-state index in [9.17, 15) is 22.4 Å². The van der Waals surface area contributed by atoms with Gasteiger partial charge in [-0.2, -0.15) is 13.2 Å². The third-order valence-corrected chi connectivity index (χ3v) is 5.77. The van der Waals surface area contributed by atoms with Gasteiger partial charge in [0, 0.05) is 17.7 Å². The van der Waals surface area contributed by atoms with Gasteiger partial charge in [-0.1, -0.05) is 6.07 Å². The highest BCUT2D eigenvalue weighted by atomic mass is 19.4. The molecule has 0 spiro atoms. The van der Waals surface area contributed by atoms with Crippen molar-refractivity contribution in [3.8, 4) is 17.2 Å². The van der Waals surface area contributed by atoms with Crippen molar-refractivity contribution in [3.05, 3.63) is 72.3 Å². The molecule has 35 heavy (non-hydrogen) atoms. The number of pyridine rings is 1. The number of carbonyl (C=O) groups excluding carboxylic acids is 1. The summed E-state index contributed by atoms with van der Waals surface area (Å²) >= 11 is 0. The summed E-state index contributed by atoms with van der Waals surface area (Å²) < 4.78 is 56.4. The van der Waals surface area contributed by atoms with Gasteiger partial charge in [-0.3, -0.25) is 4.79 Å². The number of nitrogens with zero attached hydrogens (tertiary/aromatic N) is 6. The van der Waals surface area contributed by atoms with E-state index in [0.717, 1.165) is 36.4 Å². The van der Waals surface area contributed by atoms with Crippen LogP contribution in [0, 0.1) is 5.82 Å². The van der Waals surface area contributed by atoms with Crippen LogP contribution in [0.4, 0.5) is 23.4 Å². The van der Waals surface area contributed by atoms with Crippen molar-refractivity contribution in [2.45, 2.75) is 37.9 Å². The van der Waals surface area contributed by atoms with Gasteiger partial charge in [0.05, 0.1) is 17.7 Å². The minimum Gasteiger partial charge on any atom is -0.307 e. The van der Waals surface area contributed by atoms with Crippen LogP contribution in [0.5, 0.6) is 0 Å². The number of anilines is 1. The summed E-state index contributed by atoms with van der Waals surface area (Å²) in [5.74, 6) is -0.690. The van der Waals surface area contributed by atoms with Crippen molar-refractivity contribution < 1.29 is 22.4 Å². The number of hydrogen-bond donors (Lipinski definition) is 1. The Kier molecular flexibility index (Phi) is 5.58. The van der Waals surface area contributed by atoms with Crippen molar-refractivity contribution in [2.24, 2.45) is 0 Å². The lowest BCUT2D eigenvalue weighted by Gasteiger charge is -2.18. The van der Waals surface area contributed by atoms with Crippen LogP contribution in [0.1, 0.15) is 47.8 Å². The van der Waals surface area contributed by atoms with Gasteiger partial charge in [0.25, 0.3) is 5.91 Å². The van der Waals surface area contributed by atoms with E-state index in [1.54, 1.807) is 6.20 Å². The molecule has 1 aliphatic carbocycles. The maximum absolute atomic E-state index is 14.5. The van der Waals surface area contributed by atoms with E-state index in [-0.39, 0.29) is 28.6 Å². The molecule has 8 nitrogen and oxygen atoms in total. The van der Waals surface area contributed by atoms with Gasteiger partial charge in [0.1, 0.15) is 29.7 Å². The molecule has 1 aromatic carbocycles. The van der Waals surface area contributed by atoms with E-state index in [1.807, 2.05) is 0 Å². The molecule has 1 atom stereocenters. The Bertz CT molecular complexity index is 1390. The summed E-state index contributed by atoms with van der Waals surface area (Å²) in [5, 5.41) is 9.93. The maximum atomic E-state index is 14.5. The van der Waals surface area contributed by atoms with E-state index in [4.69, 9.17) is 0 Å². The van der Waals surface area contributed by atoms with Crippen LogP contribution in [0.3, 0.4) is 0 Å². The normalized spacial score (nSPS) is 14.7. The minimum atomic E-state index is -4.50. The SMILES string of the molecule is CC(n1cnnc1-c1cccc(NC(=O)c2ccc(F)c(-n3cnc(C4CC4)c3)c2)n1)C(F)(F)F. The number of amides is 1. The Hall–Kier alpha value is -4.09. The number of nitrogens with one attached hydrogen (secondary N) is 1. The first kappa shape index (κ1) is 22.7. The molecule has 1 fully saturated rings. The van der Waals surface area contributed by atoms with Crippen molar-refractivity contribution in [2.75, 3.05) is 5.32 Å². The lowest BCUT2D eigenvalue weighted by molar-refractivity contribution is -0.162. The fraction of sp³-hybridized carbons (Fsp3) is 0.261. The minimum absolute atomic E-state index is 0.0891. The Balaban J connectivity index is 1.38. The summed E-state index contributed by atoms with van der Waals surface area (Å²) in [6.45, 7) is 0.985. The predicted octanol–water partition coefficient (Wildman–Crippen LogP) is 4.92. The van der Waals surface area contributed by atoms with E-state index in [1.165, 1.54) is 47.3 Å². The molecule has 12 heteroatoms. The van der Waals surface area contributed by atoms with E-state index in [0.29, 0.717) is 5.92 Å². The summed E-state index contributed by atoms with van der Waals surface area (Å²) in [5.41, 5.74) is 1.33. The molecular weight excluding hydrogens is 466 g/mol. The van der Waals surface area contributed by atoms with Crippen LogP contribution in [-0.4, -0.2) is 41.4 Å². The second-order valence-electron chi connectivity index (χ2n) is 8.29. The molecule has 0 aliphatic heterocycles. The Labute approximate surface area is 196 Å². The number of alkyl halides is 3. The molecule has 180 valence electrons. The highest BCUT2D eigenvalue weighted by Gasteiger charge is 2.38. The largest absolute Gasteiger partial charge is 0.408 e. The van der Waals surface area contributed by atoms with E-state index >= 15 is 0 Å². The highest BCUT2D eigenvalue weighted by molar-refractivity contribution is 6.04. The van der Waals surface area contributed by atoms with Gasteiger partial charge in [0.15, 0.2) is 5.82 Å². The van der Waals surface area contributed by atoms with Gasteiger partial charge < -0.3 is 14.5 Å². The second-order valence-corrected chi connectivity index (χ2v) is 8.29. The van der Waals surface area contributed by atoms with Gasteiger partial charge in [-0.05, 0) is 50.1 Å². The number of imidazole rings is 1. The number of carbonyl (C=O) groups is 1. The summed E-state index contributed by atoms with van der Waals surface area (Å²) in [6, 6.07) is 6.52. The first-order chi connectivity index (χ1) is 16.7. The zero-order chi connectivity index (χ0) is 24.7. The molecule has 5 rings (SSSR count). The number of rotatable bonds is 6. The van der Waals surface area contributed by atoms with Gasteiger partial charge in [-0.15, -0.1) is 10.2 Å². The van der Waals surface area contributed by atoms with Crippen LogP contribution in [-0.2, 0) is 0 Å². The third-order valence-electron chi connectivity index (χ3n) is 5.77. The van der Waals surface area contributed by atoms with Gasteiger partial charge in [-0.25, -0.2) is 14.4 Å². The molecule has 1 saturated carbocycles. The summed E-state index contributed by atoms with van der Waals surface area (Å²) in [6.07, 6.45) is 1.85. The Morgan fingerprint density at radius 1 is 1.17 bits per heavy atom. The molecule has 1 amide bonds. The van der Waals surface area contributed by atoms with Gasteiger partial charge >= 0.3 is 6.18 Å². The topological polar surface area (TPSA) is 90.5 Å². The smallest absolute Gasteiger partial charge is 0.307 e. The van der Waals surface area contributed by atoms with Crippen LogP contribution >= 0.6 is 0 Å². The highest BCUT2D eigenvalue weighted by Crippen LogP contribution is 2.39. The first-order valence-electron chi connectivity index (χ1n) is 10.8. The fourth-order valence-corrected chi connectivity index (χ4v) is 3.60. The lowest BCUT2D eigenvalue weighted by atomic mass is 10.1. The zero-order valence-electron chi connectivity index (χ0n) is 18.4. The lowest BCUT2D eigenvalue weighted by Crippen LogP contribution is -2.24. The van der Waals surface area contributed by atoms with E-state index < -0.39 is 23.9 Å². The molecule has 4 aromatic rings. The van der Waals surface area contributed by atoms with Crippen LogP contribution < -0.4 is 5.32 Å². The van der Waals surface area contributed by atoms with Gasteiger partial charge in [0.2, 0.25) is 0 Å². The van der Waals surface area contributed by atoms with Crippen LogP contribution in [0.25, 0.3) is 17.2 Å². The van der Waals surface area contributed by atoms with Crippen LogP contribution in [0.15, 0.2) is 55.2 Å². The average Bonchev–Trinajstić information content (AvgIpc) is 3.35. The molecule has 3 heterocycles. The molecule has 1 N–H and O–H groups in total. The number of aromatic nitrogens is 6. The Morgan fingerprint density at radius 3 is 2.71 bits per heavy atom. The zero-order valence-corrected chi connectivity index (χ0v) is 18.4. The van der Waals surface area contributed by atoms with Crippen molar-refractivity contribution in [3.63, 3.8) is 0 Å². The first-order valence-corrected chi connectivity index (χ1v) is 10.8. The van der Waals surface area contributed by atoms with Crippen molar-refractivity contribution in [1.82, 2.24) is 29.3 Å². The quantitative estimate of drug-likeness (QED) is 0.392. The standard InChI is InChI=1S/C23H19F4N7O/c1-13(23(25,26)27)34-12-29-32-21(34)17-3-2-4-20(30-17)31-22(35)15-7-8-16(24)19(9-15)33-10-18(28-11-33)14-5-6-14/h2-4,7-14H,5-6H2,1H3,(H,30,31,35). The molecule has 0 saturated heterocycles. The molecule has 1 aliphatic rings. The molecule has 1 unspecified atom stereocenters. The summed E-state index contributed by atoms with van der Waals surface area (Å²) in [4.78, 5) is 21.4. The van der Waals surface area contributed by atoms with Crippen molar-refractivity contribution >= 4 is 11.7 Å². The Morgan fingerprint density at radius 2 is 1.97 bits per heavy atom.